The third-order valence-corrected chi connectivity index (χ3v) is 3.24. The van der Waals surface area contributed by atoms with E-state index in [-0.39, 0.29) is 29.2 Å². The largest absolute Gasteiger partial charge is 0.507 e. The molecule has 1 heterocycles. The minimum atomic E-state index is -1.88. The van der Waals surface area contributed by atoms with E-state index in [0.717, 1.165) is 7.11 Å². The van der Waals surface area contributed by atoms with Crippen molar-refractivity contribution >= 4 is 11.9 Å². The first-order valence-corrected chi connectivity index (χ1v) is 6.35. The first-order chi connectivity index (χ1) is 9.83. The normalized spacial score (nSPS) is 23.1. The summed E-state index contributed by atoms with van der Waals surface area (Å²) in [5.41, 5.74) is -0.156. The van der Waals surface area contributed by atoms with Gasteiger partial charge in [-0.2, -0.15) is 0 Å². The number of ether oxygens (including phenoxy) is 3. The Morgan fingerprint density at radius 2 is 2.10 bits per heavy atom. The fourth-order valence-electron chi connectivity index (χ4n) is 2.39. The highest BCUT2D eigenvalue weighted by molar-refractivity contribution is 5.98. The number of phenols is 1. The minimum absolute atomic E-state index is 0.0605. The summed E-state index contributed by atoms with van der Waals surface area (Å²) in [6, 6.07) is 2.60. The van der Waals surface area contributed by atoms with Gasteiger partial charge in [-0.05, 0) is 19.1 Å². The molecule has 1 aliphatic rings. The molecule has 0 spiro atoms. The average Bonchev–Trinajstić information content (AvgIpc) is 2.68. The van der Waals surface area contributed by atoms with Crippen molar-refractivity contribution in [1.29, 1.82) is 0 Å². The number of fused-ring (bicyclic) bond motifs is 1. The number of carbonyl (C=O) groups excluding carboxylic acids is 2. The summed E-state index contributed by atoms with van der Waals surface area (Å²) >= 11 is 0. The maximum Gasteiger partial charge on any atom is 0.342 e. The van der Waals surface area contributed by atoms with Crippen molar-refractivity contribution in [3.8, 4) is 11.5 Å². The Morgan fingerprint density at radius 1 is 1.43 bits per heavy atom. The van der Waals surface area contributed by atoms with Gasteiger partial charge in [0.1, 0.15) is 17.1 Å². The van der Waals surface area contributed by atoms with Crippen molar-refractivity contribution < 1.29 is 34.0 Å². The van der Waals surface area contributed by atoms with Gasteiger partial charge in [0.15, 0.2) is 5.92 Å². The van der Waals surface area contributed by atoms with E-state index < -0.39 is 23.6 Å². The summed E-state index contributed by atoms with van der Waals surface area (Å²) in [6.45, 7) is 3.01. The molecule has 21 heavy (non-hydrogen) atoms. The maximum absolute atomic E-state index is 12.1. The highest BCUT2D eigenvalue weighted by atomic mass is 16.6. The van der Waals surface area contributed by atoms with Crippen LogP contribution in [0.4, 0.5) is 0 Å². The molecule has 114 valence electrons. The molecule has 7 nitrogen and oxygen atoms in total. The summed E-state index contributed by atoms with van der Waals surface area (Å²) in [7, 11) is 1.15. The Balaban J connectivity index is 2.64. The standard InChI is InChI=1S/C14H16O7/c1-4-20-13(17)11-10-8(21-14(11,2)18)6-5-7(15)9(10)12(16)19-3/h5-6,11,15,18H,4H2,1-3H3. The molecule has 2 atom stereocenters. The number of rotatable bonds is 3. The highest BCUT2D eigenvalue weighted by Crippen LogP contribution is 2.48. The Morgan fingerprint density at radius 3 is 2.67 bits per heavy atom. The molecule has 0 aromatic heterocycles. The number of hydrogen-bond donors (Lipinski definition) is 2. The fourth-order valence-corrected chi connectivity index (χ4v) is 2.39. The monoisotopic (exact) mass is 296 g/mol. The Labute approximate surface area is 121 Å². The van der Waals surface area contributed by atoms with Gasteiger partial charge < -0.3 is 24.4 Å². The van der Waals surface area contributed by atoms with Crippen LogP contribution in [0, 0.1) is 0 Å². The van der Waals surface area contributed by atoms with Crippen molar-refractivity contribution in [2.75, 3.05) is 13.7 Å². The van der Waals surface area contributed by atoms with E-state index in [1.54, 1.807) is 6.92 Å². The lowest BCUT2D eigenvalue weighted by Crippen LogP contribution is -2.39. The van der Waals surface area contributed by atoms with Crippen molar-refractivity contribution in [1.82, 2.24) is 0 Å². The molecule has 2 N–H and O–H groups in total. The molecule has 1 aliphatic heterocycles. The van der Waals surface area contributed by atoms with E-state index >= 15 is 0 Å². The van der Waals surface area contributed by atoms with Crippen molar-refractivity contribution in [3.05, 3.63) is 23.3 Å². The van der Waals surface area contributed by atoms with Gasteiger partial charge in [0.2, 0.25) is 5.79 Å². The number of carbonyl (C=O) groups is 2. The first kappa shape index (κ1) is 15.1. The molecule has 1 aromatic carbocycles. The van der Waals surface area contributed by atoms with E-state index in [2.05, 4.69) is 4.74 Å². The Kier molecular flexibility index (Phi) is 3.78. The number of methoxy groups -OCH3 is 1. The average molecular weight is 296 g/mol. The smallest absolute Gasteiger partial charge is 0.342 e. The predicted molar refractivity (Wildman–Crippen MR) is 70.1 cm³/mol. The zero-order chi connectivity index (χ0) is 15.8. The number of aliphatic hydroxyl groups is 1. The lowest BCUT2D eigenvalue weighted by molar-refractivity contribution is -0.167. The molecule has 0 saturated heterocycles. The molecule has 1 aromatic rings. The second-order valence-corrected chi connectivity index (χ2v) is 4.70. The van der Waals surface area contributed by atoms with Crippen LogP contribution in [0.15, 0.2) is 12.1 Å². The van der Waals surface area contributed by atoms with Crippen LogP contribution in [0.1, 0.15) is 35.7 Å². The van der Waals surface area contributed by atoms with Gasteiger partial charge >= 0.3 is 11.9 Å². The molecule has 7 heteroatoms. The van der Waals surface area contributed by atoms with Crippen LogP contribution in [-0.2, 0) is 14.3 Å². The van der Waals surface area contributed by atoms with Crippen molar-refractivity contribution in [2.24, 2.45) is 0 Å². The molecule has 0 radical (unpaired) electrons. The third-order valence-electron chi connectivity index (χ3n) is 3.24. The number of aromatic hydroxyl groups is 1. The topological polar surface area (TPSA) is 102 Å². The van der Waals surface area contributed by atoms with Crippen LogP contribution in [0.2, 0.25) is 0 Å². The predicted octanol–water partition coefficient (Wildman–Crippen LogP) is 0.926. The van der Waals surface area contributed by atoms with Crippen LogP contribution < -0.4 is 4.74 Å². The van der Waals surface area contributed by atoms with Crippen LogP contribution in [0.25, 0.3) is 0 Å². The molecular formula is C14H16O7. The van der Waals surface area contributed by atoms with Crippen LogP contribution in [0.3, 0.4) is 0 Å². The number of phenolic OH excluding ortho intramolecular Hbond substituents is 1. The SMILES string of the molecule is CCOC(=O)C1c2c(ccc(O)c2C(=O)OC)OC1(C)O. The van der Waals surface area contributed by atoms with Crippen molar-refractivity contribution in [2.45, 2.75) is 25.6 Å². The van der Waals surface area contributed by atoms with Gasteiger partial charge in [0, 0.05) is 12.5 Å². The first-order valence-electron chi connectivity index (χ1n) is 6.35. The summed E-state index contributed by atoms with van der Waals surface area (Å²) in [4.78, 5) is 24.0. The summed E-state index contributed by atoms with van der Waals surface area (Å²) in [5.74, 6) is -4.97. The van der Waals surface area contributed by atoms with Gasteiger partial charge in [-0.25, -0.2) is 4.79 Å². The van der Waals surface area contributed by atoms with Gasteiger partial charge in [-0.1, -0.05) is 0 Å². The van der Waals surface area contributed by atoms with Crippen molar-refractivity contribution in [3.63, 3.8) is 0 Å². The molecule has 2 unspecified atom stereocenters. The Bertz CT molecular complexity index is 591. The second-order valence-electron chi connectivity index (χ2n) is 4.70. The van der Waals surface area contributed by atoms with E-state index in [1.807, 2.05) is 0 Å². The number of hydrogen-bond acceptors (Lipinski definition) is 7. The minimum Gasteiger partial charge on any atom is -0.507 e. The lowest BCUT2D eigenvalue weighted by atomic mass is 9.89. The van der Waals surface area contributed by atoms with Gasteiger partial charge in [0.25, 0.3) is 0 Å². The molecule has 0 aliphatic carbocycles. The van der Waals surface area contributed by atoms with Crippen LogP contribution >= 0.6 is 0 Å². The van der Waals surface area contributed by atoms with Gasteiger partial charge in [0.05, 0.1) is 13.7 Å². The fraction of sp³-hybridized carbons (Fsp3) is 0.429. The highest BCUT2D eigenvalue weighted by Gasteiger charge is 2.51. The zero-order valence-electron chi connectivity index (χ0n) is 11.9. The molecule has 0 saturated carbocycles. The second kappa shape index (κ2) is 5.25. The molecule has 0 amide bonds. The lowest BCUT2D eigenvalue weighted by Gasteiger charge is -2.23. The van der Waals surface area contributed by atoms with Crippen LogP contribution in [-0.4, -0.2) is 41.7 Å². The molecule has 0 fully saturated rings. The number of esters is 2. The zero-order valence-corrected chi connectivity index (χ0v) is 11.9. The van der Waals surface area contributed by atoms with Gasteiger partial charge in [-0.15, -0.1) is 0 Å². The summed E-state index contributed by atoms with van der Waals surface area (Å²) < 4.78 is 14.8. The Hall–Kier alpha value is -2.28. The van der Waals surface area contributed by atoms with E-state index in [1.165, 1.54) is 19.1 Å². The molecular weight excluding hydrogens is 280 g/mol. The molecule has 2 rings (SSSR count). The summed E-state index contributed by atoms with van der Waals surface area (Å²) in [5, 5.41) is 20.2. The van der Waals surface area contributed by atoms with E-state index in [9.17, 15) is 19.8 Å². The number of benzene rings is 1. The summed E-state index contributed by atoms with van der Waals surface area (Å²) in [6.07, 6.45) is 0. The van der Waals surface area contributed by atoms with E-state index in [0.29, 0.717) is 0 Å². The van der Waals surface area contributed by atoms with E-state index in [4.69, 9.17) is 9.47 Å². The molecule has 0 bridgehead atoms. The quantitative estimate of drug-likeness (QED) is 0.800. The third kappa shape index (κ3) is 2.40. The van der Waals surface area contributed by atoms with Crippen LogP contribution in [0.5, 0.6) is 11.5 Å². The van der Waals surface area contributed by atoms with Gasteiger partial charge in [-0.3, -0.25) is 4.79 Å². The maximum atomic E-state index is 12.1.